The van der Waals surface area contributed by atoms with Crippen molar-refractivity contribution in [1.82, 2.24) is 9.78 Å². The molecule has 1 aromatic heterocycles. The topological polar surface area (TPSA) is 44.1 Å². The van der Waals surface area contributed by atoms with Crippen molar-refractivity contribution < 1.29 is 9.53 Å². The molecule has 2 rings (SSSR count). The Morgan fingerprint density at radius 3 is 2.58 bits per heavy atom. The van der Waals surface area contributed by atoms with Crippen molar-refractivity contribution in [1.29, 1.82) is 0 Å². The summed E-state index contributed by atoms with van der Waals surface area (Å²) in [4.78, 5) is 12.5. The van der Waals surface area contributed by atoms with Crippen LogP contribution in [0, 0.1) is 20.8 Å². The normalized spacial score (nSPS) is 10.8. The van der Waals surface area contributed by atoms with Crippen LogP contribution in [-0.4, -0.2) is 22.3 Å². The predicted octanol–water partition coefficient (Wildman–Crippen LogP) is 4.65. The molecule has 0 saturated carbocycles. The van der Waals surface area contributed by atoms with Crippen LogP contribution in [0.3, 0.4) is 0 Å². The van der Waals surface area contributed by atoms with Crippen LogP contribution in [0.1, 0.15) is 59.9 Å². The van der Waals surface area contributed by atoms with Crippen LogP contribution in [-0.2, 0) is 6.42 Å². The van der Waals surface area contributed by atoms with E-state index in [9.17, 15) is 4.79 Å². The molecule has 1 aromatic carbocycles. The lowest BCUT2D eigenvalue weighted by molar-refractivity contribution is 0.0817. The van der Waals surface area contributed by atoms with Crippen molar-refractivity contribution in [3.8, 4) is 5.75 Å². The van der Waals surface area contributed by atoms with Crippen LogP contribution in [0.15, 0.2) is 24.3 Å². The monoisotopic (exact) mass is 328 g/mol. The molecular weight excluding hydrogens is 300 g/mol. The van der Waals surface area contributed by atoms with Crippen molar-refractivity contribution in [2.24, 2.45) is 0 Å². The third-order valence-corrected chi connectivity index (χ3v) is 4.40. The Hall–Kier alpha value is -2.10. The summed E-state index contributed by atoms with van der Waals surface area (Å²) in [6.45, 7) is 8.14. The van der Waals surface area contributed by atoms with E-state index < -0.39 is 0 Å². The van der Waals surface area contributed by atoms with Crippen molar-refractivity contribution in [3.05, 3.63) is 46.8 Å². The fourth-order valence-electron chi connectivity index (χ4n) is 2.93. The second kappa shape index (κ2) is 8.67. The predicted molar refractivity (Wildman–Crippen MR) is 96.8 cm³/mol. The SMILES string of the molecule is CCCCCCc1c(C)nn(C(=O)COc2ccccc2C)c1C. The highest BCUT2D eigenvalue weighted by Gasteiger charge is 2.17. The maximum atomic E-state index is 12.5. The number of hydrogen-bond donors (Lipinski definition) is 0. The first kappa shape index (κ1) is 18.2. The largest absolute Gasteiger partial charge is 0.483 e. The second-order valence-corrected chi connectivity index (χ2v) is 6.32. The lowest BCUT2D eigenvalue weighted by Crippen LogP contribution is -2.22. The number of benzene rings is 1. The van der Waals surface area contributed by atoms with E-state index in [0.717, 1.165) is 35.5 Å². The number of para-hydroxylation sites is 1. The fraction of sp³-hybridized carbons (Fsp3) is 0.500. The maximum Gasteiger partial charge on any atom is 0.284 e. The molecule has 0 aliphatic rings. The second-order valence-electron chi connectivity index (χ2n) is 6.32. The molecule has 2 aromatic rings. The average Bonchev–Trinajstić information content (AvgIpc) is 2.85. The summed E-state index contributed by atoms with van der Waals surface area (Å²) in [6.07, 6.45) is 5.85. The molecule has 0 spiro atoms. The molecular formula is C20H28N2O2. The standard InChI is InChI=1S/C20H28N2O2/c1-5-6-7-8-12-18-16(3)21-22(17(18)4)20(23)14-24-19-13-10-9-11-15(19)2/h9-11,13H,5-8,12,14H2,1-4H3. The van der Waals surface area contributed by atoms with Crippen molar-refractivity contribution in [2.75, 3.05) is 6.61 Å². The molecule has 24 heavy (non-hydrogen) atoms. The van der Waals surface area contributed by atoms with Gasteiger partial charge in [-0.05, 0) is 50.8 Å². The first-order valence-corrected chi connectivity index (χ1v) is 8.81. The lowest BCUT2D eigenvalue weighted by Gasteiger charge is -2.09. The molecule has 0 radical (unpaired) electrons. The minimum Gasteiger partial charge on any atom is -0.483 e. The van der Waals surface area contributed by atoms with Crippen LogP contribution in [0.5, 0.6) is 5.75 Å². The fourth-order valence-corrected chi connectivity index (χ4v) is 2.93. The molecule has 0 bridgehead atoms. The zero-order chi connectivity index (χ0) is 17.5. The van der Waals surface area contributed by atoms with Crippen LogP contribution in [0.4, 0.5) is 0 Å². The number of nitrogens with zero attached hydrogens (tertiary/aromatic N) is 2. The molecule has 1 heterocycles. The van der Waals surface area contributed by atoms with E-state index in [1.165, 1.54) is 29.5 Å². The summed E-state index contributed by atoms with van der Waals surface area (Å²) >= 11 is 0. The molecule has 0 fully saturated rings. The van der Waals surface area contributed by atoms with E-state index in [1.807, 2.05) is 45.0 Å². The quantitative estimate of drug-likeness (QED) is 0.663. The number of carbonyl (C=O) groups is 1. The van der Waals surface area contributed by atoms with Gasteiger partial charge >= 0.3 is 0 Å². The van der Waals surface area contributed by atoms with E-state index in [0.29, 0.717) is 0 Å². The molecule has 0 saturated heterocycles. The minimum atomic E-state index is -0.126. The van der Waals surface area contributed by atoms with E-state index in [2.05, 4.69) is 12.0 Å². The van der Waals surface area contributed by atoms with Crippen LogP contribution in [0.25, 0.3) is 0 Å². The summed E-state index contributed by atoms with van der Waals surface area (Å²) in [5.41, 5.74) is 4.13. The van der Waals surface area contributed by atoms with Crippen LogP contribution < -0.4 is 4.74 Å². The summed E-state index contributed by atoms with van der Waals surface area (Å²) < 4.78 is 7.16. The molecule has 4 nitrogen and oxygen atoms in total. The highest BCUT2D eigenvalue weighted by Crippen LogP contribution is 2.18. The first-order chi connectivity index (χ1) is 11.5. The Balaban J connectivity index is 2.00. The van der Waals surface area contributed by atoms with Gasteiger partial charge in [0.05, 0.1) is 5.69 Å². The van der Waals surface area contributed by atoms with Gasteiger partial charge in [0.2, 0.25) is 0 Å². The van der Waals surface area contributed by atoms with E-state index in [-0.39, 0.29) is 12.5 Å². The first-order valence-electron chi connectivity index (χ1n) is 8.81. The highest BCUT2D eigenvalue weighted by atomic mass is 16.5. The molecule has 0 amide bonds. The smallest absolute Gasteiger partial charge is 0.284 e. The molecule has 130 valence electrons. The highest BCUT2D eigenvalue weighted by molar-refractivity contribution is 5.80. The number of unbranched alkanes of at least 4 members (excludes halogenated alkanes) is 3. The van der Waals surface area contributed by atoms with Gasteiger partial charge in [0.15, 0.2) is 6.61 Å². The Kier molecular flexibility index (Phi) is 6.59. The van der Waals surface area contributed by atoms with E-state index >= 15 is 0 Å². The van der Waals surface area contributed by atoms with Gasteiger partial charge in [-0.15, -0.1) is 0 Å². The Morgan fingerprint density at radius 2 is 1.88 bits per heavy atom. The summed E-state index contributed by atoms with van der Waals surface area (Å²) in [6, 6.07) is 7.71. The van der Waals surface area contributed by atoms with Gasteiger partial charge in [-0.3, -0.25) is 4.79 Å². The van der Waals surface area contributed by atoms with E-state index in [1.54, 1.807) is 0 Å². The average molecular weight is 328 g/mol. The van der Waals surface area contributed by atoms with Crippen molar-refractivity contribution in [2.45, 2.75) is 59.8 Å². The van der Waals surface area contributed by atoms with Gasteiger partial charge in [-0.25, -0.2) is 4.68 Å². The Morgan fingerprint density at radius 1 is 1.12 bits per heavy atom. The molecule has 0 aliphatic heterocycles. The number of aryl methyl sites for hydroxylation is 2. The third kappa shape index (κ3) is 4.47. The van der Waals surface area contributed by atoms with Gasteiger partial charge in [0.1, 0.15) is 5.75 Å². The number of hydrogen-bond acceptors (Lipinski definition) is 3. The molecule has 0 unspecified atom stereocenters. The summed E-state index contributed by atoms with van der Waals surface area (Å²) in [5, 5.41) is 4.43. The zero-order valence-corrected chi connectivity index (χ0v) is 15.3. The molecule has 0 aliphatic carbocycles. The van der Waals surface area contributed by atoms with Gasteiger partial charge < -0.3 is 4.74 Å². The van der Waals surface area contributed by atoms with Gasteiger partial charge in [0, 0.05) is 5.69 Å². The molecule has 0 N–H and O–H groups in total. The Labute approximate surface area is 144 Å². The molecule has 4 heteroatoms. The molecule has 0 atom stereocenters. The lowest BCUT2D eigenvalue weighted by atomic mass is 10.0. The van der Waals surface area contributed by atoms with Crippen molar-refractivity contribution in [3.63, 3.8) is 0 Å². The number of ether oxygens (including phenoxy) is 1. The zero-order valence-electron chi connectivity index (χ0n) is 15.3. The van der Waals surface area contributed by atoms with Crippen molar-refractivity contribution >= 4 is 5.91 Å². The van der Waals surface area contributed by atoms with Crippen LogP contribution >= 0.6 is 0 Å². The third-order valence-electron chi connectivity index (χ3n) is 4.40. The number of rotatable bonds is 8. The van der Waals surface area contributed by atoms with Gasteiger partial charge in [-0.1, -0.05) is 44.4 Å². The maximum absolute atomic E-state index is 12.5. The summed E-state index contributed by atoms with van der Waals surface area (Å²) in [7, 11) is 0. The minimum absolute atomic E-state index is 0.00207. The summed E-state index contributed by atoms with van der Waals surface area (Å²) in [5.74, 6) is 0.617. The van der Waals surface area contributed by atoms with Gasteiger partial charge in [0.25, 0.3) is 5.91 Å². The van der Waals surface area contributed by atoms with Gasteiger partial charge in [-0.2, -0.15) is 5.10 Å². The van der Waals surface area contributed by atoms with Crippen LogP contribution in [0.2, 0.25) is 0 Å². The Bertz CT molecular complexity index is 689. The number of carbonyl (C=O) groups excluding carboxylic acids is 1. The number of aromatic nitrogens is 2. The van der Waals surface area contributed by atoms with E-state index in [4.69, 9.17) is 4.74 Å².